The van der Waals surface area contributed by atoms with Crippen molar-refractivity contribution in [2.75, 3.05) is 24.9 Å². The van der Waals surface area contributed by atoms with Crippen molar-refractivity contribution < 1.29 is 9.47 Å². The lowest BCUT2D eigenvalue weighted by Gasteiger charge is -2.13. The van der Waals surface area contributed by atoms with E-state index < -0.39 is 0 Å². The number of nitrogens with one attached hydrogen (secondary N) is 1. The molecule has 1 N–H and O–H groups in total. The summed E-state index contributed by atoms with van der Waals surface area (Å²) in [5, 5.41) is 16.1. The number of nitrogens with zero attached hydrogens (tertiary/aromatic N) is 3. The molecule has 0 unspecified atom stereocenters. The van der Waals surface area contributed by atoms with E-state index in [2.05, 4.69) is 36.7 Å². The molecule has 0 amide bonds. The lowest BCUT2D eigenvalue weighted by atomic mass is 10.2. The van der Waals surface area contributed by atoms with Gasteiger partial charge in [-0.25, -0.2) is 0 Å². The minimum atomic E-state index is 0.507. The average molecular weight is 424 g/mol. The van der Waals surface area contributed by atoms with Crippen LogP contribution in [0.15, 0.2) is 40.9 Å². The van der Waals surface area contributed by atoms with Crippen LogP contribution in [-0.2, 0) is 0 Å². The maximum Gasteiger partial charge on any atom is 0.164 e. The first kappa shape index (κ1) is 17.7. The van der Waals surface area contributed by atoms with E-state index in [-0.39, 0.29) is 0 Å². The third kappa shape index (κ3) is 4.29. The molecule has 2 aromatic carbocycles. The van der Waals surface area contributed by atoms with Gasteiger partial charge in [0, 0.05) is 22.1 Å². The Labute approximate surface area is 158 Å². The van der Waals surface area contributed by atoms with Gasteiger partial charge in [0.2, 0.25) is 0 Å². The molecule has 0 spiro atoms. The smallest absolute Gasteiger partial charge is 0.164 e. The number of benzene rings is 2. The van der Waals surface area contributed by atoms with E-state index in [1.54, 1.807) is 13.2 Å². The van der Waals surface area contributed by atoms with Crippen LogP contribution in [0.2, 0.25) is 0 Å². The molecule has 8 heteroatoms. The fourth-order valence-electron chi connectivity index (χ4n) is 2.30. The van der Waals surface area contributed by atoms with Crippen molar-refractivity contribution >= 4 is 49.9 Å². The zero-order valence-corrected chi connectivity index (χ0v) is 15.8. The lowest BCUT2D eigenvalue weighted by Crippen LogP contribution is -2.02. The van der Waals surface area contributed by atoms with E-state index in [4.69, 9.17) is 21.1 Å². The van der Waals surface area contributed by atoms with E-state index >= 15 is 0 Å². The van der Waals surface area contributed by atoms with Crippen LogP contribution in [0, 0.1) is 0 Å². The molecule has 1 aromatic heterocycles. The van der Waals surface area contributed by atoms with Gasteiger partial charge in [0.15, 0.2) is 17.3 Å². The SMILES string of the molecule is COc1cc2c(Nc3cccc(Br)c3)nnnc2cc1OCCCCl. The van der Waals surface area contributed by atoms with Crippen molar-refractivity contribution in [2.24, 2.45) is 0 Å². The number of ether oxygens (including phenoxy) is 2. The molecule has 0 saturated heterocycles. The van der Waals surface area contributed by atoms with Gasteiger partial charge in [-0.2, -0.15) is 0 Å². The maximum atomic E-state index is 5.73. The molecule has 6 nitrogen and oxygen atoms in total. The summed E-state index contributed by atoms with van der Waals surface area (Å²) in [4.78, 5) is 0. The number of alkyl halides is 1. The molecule has 0 aliphatic rings. The third-order valence-corrected chi connectivity index (χ3v) is 4.22. The van der Waals surface area contributed by atoms with Crippen molar-refractivity contribution in [3.63, 3.8) is 0 Å². The number of methoxy groups -OCH3 is 1. The number of rotatable bonds is 7. The van der Waals surface area contributed by atoms with E-state index in [1.165, 1.54) is 0 Å². The molecule has 3 rings (SSSR count). The van der Waals surface area contributed by atoms with Gasteiger partial charge in [-0.05, 0) is 35.9 Å². The maximum absolute atomic E-state index is 5.73. The topological polar surface area (TPSA) is 69.2 Å². The van der Waals surface area contributed by atoms with Crippen molar-refractivity contribution in [3.05, 3.63) is 40.9 Å². The number of hydrogen-bond acceptors (Lipinski definition) is 6. The van der Waals surface area contributed by atoms with Crippen molar-refractivity contribution in [3.8, 4) is 11.5 Å². The summed E-state index contributed by atoms with van der Waals surface area (Å²) in [5.74, 6) is 2.34. The highest BCUT2D eigenvalue weighted by Gasteiger charge is 2.12. The molecule has 0 aliphatic carbocycles. The van der Waals surface area contributed by atoms with Crippen LogP contribution in [0.5, 0.6) is 11.5 Å². The molecule has 0 radical (unpaired) electrons. The Kier molecular flexibility index (Phi) is 5.88. The quantitative estimate of drug-likeness (QED) is 0.444. The second-order valence-electron chi connectivity index (χ2n) is 5.18. The zero-order chi connectivity index (χ0) is 17.6. The Morgan fingerprint density at radius 3 is 2.80 bits per heavy atom. The molecule has 0 atom stereocenters. The van der Waals surface area contributed by atoms with Gasteiger partial charge in [0.1, 0.15) is 5.52 Å². The predicted molar refractivity (Wildman–Crippen MR) is 102 cm³/mol. The fraction of sp³-hybridized carbons (Fsp3) is 0.235. The molecule has 0 fully saturated rings. The molecule has 130 valence electrons. The summed E-state index contributed by atoms with van der Waals surface area (Å²) < 4.78 is 12.1. The first-order valence-electron chi connectivity index (χ1n) is 7.63. The molecule has 0 bridgehead atoms. The average Bonchev–Trinajstić information content (AvgIpc) is 2.61. The zero-order valence-electron chi connectivity index (χ0n) is 13.5. The molecular weight excluding hydrogens is 408 g/mol. The number of anilines is 2. The Bertz CT molecular complexity index is 878. The molecule has 0 saturated carbocycles. The van der Waals surface area contributed by atoms with Gasteiger partial charge in [-0.3, -0.25) is 0 Å². The summed E-state index contributed by atoms with van der Waals surface area (Å²) >= 11 is 9.15. The van der Waals surface area contributed by atoms with Crippen LogP contribution < -0.4 is 14.8 Å². The second kappa shape index (κ2) is 8.31. The van der Waals surface area contributed by atoms with Gasteiger partial charge < -0.3 is 14.8 Å². The largest absolute Gasteiger partial charge is 0.493 e. The van der Waals surface area contributed by atoms with Crippen molar-refractivity contribution in [2.45, 2.75) is 6.42 Å². The van der Waals surface area contributed by atoms with Gasteiger partial charge in [-0.1, -0.05) is 22.0 Å². The minimum Gasteiger partial charge on any atom is -0.493 e. The summed E-state index contributed by atoms with van der Waals surface area (Å²) in [6, 6.07) is 11.4. The highest BCUT2D eigenvalue weighted by atomic mass is 79.9. The number of aromatic nitrogens is 3. The second-order valence-corrected chi connectivity index (χ2v) is 6.48. The van der Waals surface area contributed by atoms with Crippen LogP contribution in [0.4, 0.5) is 11.5 Å². The Balaban J connectivity index is 1.97. The van der Waals surface area contributed by atoms with E-state index in [0.29, 0.717) is 35.3 Å². The molecule has 1 heterocycles. The van der Waals surface area contributed by atoms with Gasteiger partial charge in [0.25, 0.3) is 0 Å². The van der Waals surface area contributed by atoms with Gasteiger partial charge >= 0.3 is 0 Å². The molecule has 0 aliphatic heterocycles. The highest BCUT2D eigenvalue weighted by Crippen LogP contribution is 2.34. The van der Waals surface area contributed by atoms with E-state index in [0.717, 1.165) is 22.0 Å². The first-order valence-corrected chi connectivity index (χ1v) is 8.96. The summed E-state index contributed by atoms with van der Waals surface area (Å²) in [7, 11) is 1.60. The Morgan fingerprint density at radius 2 is 2.04 bits per heavy atom. The summed E-state index contributed by atoms with van der Waals surface area (Å²) in [5.41, 5.74) is 1.55. The van der Waals surface area contributed by atoms with Crippen LogP contribution >= 0.6 is 27.5 Å². The van der Waals surface area contributed by atoms with Crippen LogP contribution in [0.1, 0.15) is 6.42 Å². The van der Waals surface area contributed by atoms with Crippen molar-refractivity contribution in [1.82, 2.24) is 15.4 Å². The van der Waals surface area contributed by atoms with E-state index in [9.17, 15) is 0 Å². The van der Waals surface area contributed by atoms with Gasteiger partial charge in [-0.15, -0.1) is 21.8 Å². The molecule has 25 heavy (non-hydrogen) atoms. The molecular formula is C17H16BrClN4O2. The fourth-order valence-corrected chi connectivity index (χ4v) is 2.80. The minimum absolute atomic E-state index is 0.507. The van der Waals surface area contributed by atoms with Crippen LogP contribution in [-0.4, -0.2) is 35.0 Å². The Morgan fingerprint density at radius 1 is 1.16 bits per heavy atom. The summed E-state index contributed by atoms with van der Waals surface area (Å²) in [6.45, 7) is 0.507. The van der Waals surface area contributed by atoms with Crippen LogP contribution in [0.3, 0.4) is 0 Å². The number of fused-ring (bicyclic) bond motifs is 1. The first-order chi connectivity index (χ1) is 12.2. The number of hydrogen-bond donors (Lipinski definition) is 1. The third-order valence-electron chi connectivity index (χ3n) is 3.46. The van der Waals surface area contributed by atoms with Crippen LogP contribution in [0.25, 0.3) is 10.9 Å². The summed E-state index contributed by atoms with van der Waals surface area (Å²) in [6.07, 6.45) is 0.750. The van der Waals surface area contributed by atoms with Gasteiger partial charge in [0.05, 0.1) is 19.1 Å². The normalized spacial score (nSPS) is 10.7. The Hall–Kier alpha value is -2.12. The molecule has 3 aromatic rings. The highest BCUT2D eigenvalue weighted by molar-refractivity contribution is 9.10. The standard InChI is InChI=1S/C17H16BrClN4O2/c1-24-15-9-13-14(10-16(15)25-7-3-6-19)21-23-22-17(13)20-12-5-2-4-11(18)8-12/h2,4-5,8-10H,3,6-7H2,1H3,(H,20,21,22). The predicted octanol–water partition coefficient (Wildman–Crippen LogP) is 4.55. The van der Waals surface area contributed by atoms with Crippen molar-refractivity contribution in [1.29, 1.82) is 0 Å². The number of halogens is 2. The van der Waals surface area contributed by atoms with E-state index in [1.807, 2.05) is 30.3 Å². The lowest BCUT2D eigenvalue weighted by molar-refractivity contribution is 0.295. The monoisotopic (exact) mass is 422 g/mol.